The molecule has 0 aliphatic carbocycles. The van der Waals surface area contributed by atoms with Gasteiger partial charge >= 0.3 is 0 Å². The van der Waals surface area contributed by atoms with E-state index in [2.05, 4.69) is 24.1 Å². The Morgan fingerprint density at radius 3 is 2.95 bits per heavy atom. The molecule has 0 atom stereocenters. The Kier molecular flexibility index (Phi) is 5.95. The van der Waals surface area contributed by atoms with Crippen LogP contribution in [0, 0.1) is 5.82 Å². The smallest absolute Gasteiger partial charge is 0.127 e. The molecule has 4 heteroatoms. The Bertz CT molecular complexity index is 415. The second-order valence-electron chi connectivity index (χ2n) is 5.70. The van der Waals surface area contributed by atoms with E-state index in [1.54, 1.807) is 6.07 Å². The average Bonchev–Trinajstić information content (AvgIpc) is 2.68. The zero-order valence-electron chi connectivity index (χ0n) is 12.5. The molecule has 1 fully saturated rings. The monoisotopic (exact) mass is 280 g/mol. The third kappa shape index (κ3) is 4.85. The number of benzene rings is 1. The minimum absolute atomic E-state index is 0.108. The number of nitrogens with one attached hydrogen (secondary N) is 1. The summed E-state index contributed by atoms with van der Waals surface area (Å²) in [6, 6.07) is 5.86. The third-order valence-electron chi connectivity index (χ3n) is 3.53. The number of nitrogens with zero attached hydrogens (tertiary/aromatic N) is 1. The van der Waals surface area contributed by atoms with Gasteiger partial charge in [-0.15, -0.1) is 0 Å². The van der Waals surface area contributed by atoms with Gasteiger partial charge in [-0.25, -0.2) is 4.39 Å². The van der Waals surface area contributed by atoms with E-state index in [-0.39, 0.29) is 5.82 Å². The van der Waals surface area contributed by atoms with Gasteiger partial charge in [0, 0.05) is 44.4 Å². The highest BCUT2D eigenvalue weighted by atomic mass is 19.1. The summed E-state index contributed by atoms with van der Waals surface area (Å²) in [5.41, 5.74) is 1.93. The van der Waals surface area contributed by atoms with Crippen LogP contribution < -0.4 is 5.32 Å². The van der Waals surface area contributed by atoms with Gasteiger partial charge in [0.05, 0.1) is 6.61 Å². The number of hydrogen-bond donors (Lipinski definition) is 1. The number of hydrogen-bond acceptors (Lipinski definition) is 3. The molecule has 3 nitrogen and oxygen atoms in total. The normalized spacial score (nSPS) is 17.4. The summed E-state index contributed by atoms with van der Waals surface area (Å²) < 4.78 is 19.4. The molecule has 1 aromatic rings. The molecule has 1 saturated heterocycles. The second-order valence-corrected chi connectivity index (χ2v) is 5.70. The highest BCUT2D eigenvalue weighted by Gasteiger charge is 2.12. The predicted molar refractivity (Wildman–Crippen MR) is 79.1 cm³/mol. The minimum Gasteiger partial charge on any atom is -0.380 e. The van der Waals surface area contributed by atoms with Crippen LogP contribution in [0.2, 0.25) is 0 Å². The molecule has 0 unspecified atom stereocenters. The highest BCUT2D eigenvalue weighted by molar-refractivity contribution is 5.25. The largest absolute Gasteiger partial charge is 0.380 e. The minimum atomic E-state index is -0.108. The standard InChI is InChI=1S/C16H25FN2O/c1-13(2)18-11-14-4-5-16(17)15(10-14)12-19-6-3-8-20-9-7-19/h4-5,10,13,18H,3,6-9,11-12H2,1-2H3. The van der Waals surface area contributed by atoms with E-state index in [0.717, 1.165) is 50.4 Å². The molecular formula is C16H25FN2O. The van der Waals surface area contributed by atoms with E-state index in [9.17, 15) is 4.39 Å². The lowest BCUT2D eigenvalue weighted by Gasteiger charge is -2.20. The van der Waals surface area contributed by atoms with Gasteiger partial charge in [-0.1, -0.05) is 26.0 Å². The molecule has 1 aliphatic rings. The van der Waals surface area contributed by atoms with Crippen LogP contribution in [0.25, 0.3) is 0 Å². The first-order valence-electron chi connectivity index (χ1n) is 7.46. The Labute approximate surface area is 121 Å². The van der Waals surface area contributed by atoms with Gasteiger partial charge in [-0.05, 0) is 18.1 Å². The third-order valence-corrected chi connectivity index (χ3v) is 3.53. The molecule has 1 N–H and O–H groups in total. The molecule has 1 aliphatic heterocycles. The fraction of sp³-hybridized carbons (Fsp3) is 0.625. The molecule has 0 amide bonds. The summed E-state index contributed by atoms with van der Waals surface area (Å²) in [5, 5.41) is 3.37. The van der Waals surface area contributed by atoms with Gasteiger partial charge in [0.15, 0.2) is 0 Å². The Morgan fingerprint density at radius 1 is 1.30 bits per heavy atom. The van der Waals surface area contributed by atoms with Crippen LogP contribution in [0.5, 0.6) is 0 Å². The van der Waals surface area contributed by atoms with Crippen molar-refractivity contribution in [3.8, 4) is 0 Å². The molecule has 0 aromatic heterocycles. The summed E-state index contributed by atoms with van der Waals surface area (Å²) in [5.74, 6) is -0.108. The quantitative estimate of drug-likeness (QED) is 0.897. The van der Waals surface area contributed by atoms with Gasteiger partial charge < -0.3 is 10.1 Å². The van der Waals surface area contributed by atoms with E-state index in [4.69, 9.17) is 4.74 Å². The molecule has 0 saturated carbocycles. The van der Waals surface area contributed by atoms with Crippen molar-refractivity contribution in [3.05, 3.63) is 35.1 Å². The number of halogens is 1. The summed E-state index contributed by atoms with van der Waals surface area (Å²) >= 11 is 0. The van der Waals surface area contributed by atoms with Crippen LogP contribution in [-0.4, -0.2) is 37.2 Å². The zero-order chi connectivity index (χ0) is 14.4. The van der Waals surface area contributed by atoms with Crippen LogP contribution >= 0.6 is 0 Å². The molecule has 1 heterocycles. The maximum atomic E-state index is 13.9. The van der Waals surface area contributed by atoms with Gasteiger partial charge in [-0.2, -0.15) is 0 Å². The lowest BCUT2D eigenvalue weighted by Crippen LogP contribution is -2.26. The van der Waals surface area contributed by atoms with Crippen molar-refractivity contribution in [3.63, 3.8) is 0 Å². The van der Waals surface area contributed by atoms with Crippen molar-refractivity contribution >= 4 is 0 Å². The van der Waals surface area contributed by atoms with Crippen molar-refractivity contribution < 1.29 is 9.13 Å². The maximum Gasteiger partial charge on any atom is 0.127 e. The average molecular weight is 280 g/mol. The Balaban J connectivity index is 1.99. The van der Waals surface area contributed by atoms with Crippen molar-refractivity contribution in [1.82, 2.24) is 10.2 Å². The van der Waals surface area contributed by atoms with Crippen LogP contribution in [0.4, 0.5) is 4.39 Å². The Morgan fingerprint density at radius 2 is 2.15 bits per heavy atom. The first-order chi connectivity index (χ1) is 9.65. The number of rotatable bonds is 5. The van der Waals surface area contributed by atoms with Gasteiger partial charge in [-0.3, -0.25) is 4.90 Å². The molecule has 2 rings (SSSR count). The van der Waals surface area contributed by atoms with Crippen molar-refractivity contribution in [2.45, 2.75) is 39.4 Å². The van der Waals surface area contributed by atoms with E-state index < -0.39 is 0 Å². The predicted octanol–water partition coefficient (Wildman–Crippen LogP) is 2.55. The maximum absolute atomic E-state index is 13.9. The van der Waals surface area contributed by atoms with E-state index in [0.29, 0.717) is 12.6 Å². The van der Waals surface area contributed by atoms with Crippen LogP contribution in [0.3, 0.4) is 0 Å². The first-order valence-corrected chi connectivity index (χ1v) is 7.46. The highest BCUT2D eigenvalue weighted by Crippen LogP contribution is 2.14. The van der Waals surface area contributed by atoms with E-state index in [1.165, 1.54) is 0 Å². The molecule has 0 bridgehead atoms. The topological polar surface area (TPSA) is 24.5 Å². The van der Waals surface area contributed by atoms with Crippen LogP contribution in [0.15, 0.2) is 18.2 Å². The molecule has 0 spiro atoms. The fourth-order valence-electron chi connectivity index (χ4n) is 2.38. The number of ether oxygens (including phenoxy) is 1. The molecule has 20 heavy (non-hydrogen) atoms. The van der Waals surface area contributed by atoms with Crippen molar-refractivity contribution in [1.29, 1.82) is 0 Å². The molecular weight excluding hydrogens is 255 g/mol. The second kappa shape index (κ2) is 7.72. The summed E-state index contributed by atoms with van der Waals surface area (Å²) in [7, 11) is 0. The summed E-state index contributed by atoms with van der Waals surface area (Å²) in [4.78, 5) is 2.27. The van der Waals surface area contributed by atoms with Crippen LogP contribution in [-0.2, 0) is 17.8 Å². The molecule has 0 radical (unpaired) electrons. The van der Waals surface area contributed by atoms with Gasteiger partial charge in [0.2, 0.25) is 0 Å². The van der Waals surface area contributed by atoms with Crippen LogP contribution in [0.1, 0.15) is 31.4 Å². The summed E-state index contributed by atoms with van der Waals surface area (Å²) in [6.45, 7) is 9.11. The lowest BCUT2D eigenvalue weighted by molar-refractivity contribution is 0.140. The van der Waals surface area contributed by atoms with E-state index in [1.807, 2.05) is 12.1 Å². The van der Waals surface area contributed by atoms with Crippen molar-refractivity contribution in [2.75, 3.05) is 26.3 Å². The molecule has 112 valence electrons. The van der Waals surface area contributed by atoms with Gasteiger partial charge in [0.25, 0.3) is 0 Å². The molecule has 1 aromatic carbocycles. The summed E-state index contributed by atoms with van der Waals surface area (Å²) in [6.07, 6.45) is 1.02. The lowest BCUT2D eigenvalue weighted by atomic mass is 10.1. The fourth-order valence-corrected chi connectivity index (χ4v) is 2.38. The SMILES string of the molecule is CC(C)NCc1ccc(F)c(CN2CCCOCC2)c1. The van der Waals surface area contributed by atoms with E-state index >= 15 is 0 Å². The Hall–Kier alpha value is -0.970. The van der Waals surface area contributed by atoms with Crippen molar-refractivity contribution in [2.24, 2.45) is 0 Å². The first kappa shape index (κ1) is 15.4. The zero-order valence-corrected chi connectivity index (χ0v) is 12.5. The van der Waals surface area contributed by atoms with Gasteiger partial charge in [0.1, 0.15) is 5.82 Å².